The van der Waals surface area contributed by atoms with E-state index in [1.165, 1.54) is 5.56 Å². The fraction of sp³-hybridized carbons (Fsp3) is 0.346. The van der Waals surface area contributed by atoms with Crippen LogP contribution in [0, 0.1) is 5.41 Å². The maximum absolute atomic E-state index is 13.5. The van der Waals surface area contributed by atoms with Crippen molar-refractivity contribution in [2.24, 2.45) is 5.41 Å². The van der Waals surface area contributed by atoms with Gasteiger partial charge < -0.3 is 5.32 Å². The van der Waals surface area contributed by atoms with Crippen LogP contribution in [0.25, 0.3) is 11.1 Å². The number of carbonyl (C=O) groups excluding carboxylic acids is 1. The molecule has 160 valence electrons. The zero-order valence-electron chi connectivity index (χ0n) is 18.3. The van der Waals surface area contributed by atoms with Crippen LogP contribution in [0.5, 0.6) is 0 Å². The summed E-state index contributed by atoms with van der Waals surface area (Å²) < 4.78 is 0. The molecule has 0 radical (unpaired) electrons. The topological polar surface area (TPSA) is 58.1 Å². The third-order valence-corrected chi connectivity index (χ3v) is 5.96. The summed E-state index contributed by atoms with van der Waals surface area (Å²) in [6, 6.07) is 18.5. The van der Waals surface area contributed by atoms with Gasteiger partial charge in [-0.3, -0.25) is 19.7 Å². The number of carbonyl (C=O) groups is 1. The van der Waals surface area contributed by atoms with Crippen molar-refractivity contribution in [3.8, 4) is 11.1 Å². The summed E-state index contributed by atoms with van der Waals surface area (Å²) in [6.07, 6.45) is 7.04. The van der Waals surface area contributed by atoms with Crippen LogP contribution in [-0.4, -0.2) is 39.9 Å². The third-order valence-electron chi connectivity index (χ3n) is 5.96. The van der Waals surface area contributed by atoms with Crippen molar-refractivity contribution < 1.29 is 4.79 Å². The Morgan fingerprint density at radius 1 is 1.10 bits per heavy atom. The smallest absolute Gasteiger partial charge is 0.228 e. The molecule has 1 aromatic carbocycles. The van der Waals surface area contributed by atoms with Crippen LogP contribution in [0.4, 0.5) is 0 Å². The van der Waals surface area contributed by atoms with Crippen LogP contribution in [-0.2, 0) is 17.8 Å². The summed E-state index contributed by atoms with van der Waals surface area (Å²) in [5.74, 6) is 0.145. The molecule has 1 amide bonds. The van der Waals surface area contributed by atoms with E-state index >= 15 is 0 Å². The van der Waals surface area contributed by atoms with Crippen LogP contribution in [0.2, 0.25) is 0 Å². The number of aromatic nitrogens is 2. The molecule has 1 fully saturated rings. The lowest BCUT2D eigenvalue weighted by Crippen LogP contribution is -2.46. The SMILES string of the molecule is CC(C)NC(=O)C1(Cc2ccccc2-c2cccnc2)CCN(Cc2ccccn2)C1. The molecule has 2 aromatic heterocycles. The Bertz CT molecular complexity index is 1010. The molecule has 1 atom stereocenters. The molecule has 0 bridgehead atoms. The zero-order chi connectivity index (χ0) is 21.7. The fourth-order valence-corrected chi connectivity index (χ4v) is 4.48. The van der Waals surface area contributed by atoms with E-state index in [9.17, 15) is 4.79 Å². The second kappa shape index (κ2) is 9.40. The Labute approximate surface area is 184 Å². The lowest BCUT2D eigenvalue weighted by molar-refractivity contribution is -0.131. The number of nitrogens with one attached hydrogen (secondary N) is 1. The van der Waals surface area contributed by atoms with Crippen molar-refractivity contribution in [3.05, 3.63) is 84.4 Å². The predicted molar refractivity (Wildman–Crippen MR) is 123 cm³/mol. The molecule has 5 nitrogen and oxygen atoms in total. The largest absolute Gasteiger partial charge is 0.353 e. The first kappa shape index (κ1) is 21.2. The van der Waals surface area contributed by atoms with Crippen molar-refractivity contribution in [3.63, 3.8) is 0 Å². The van der Waals surface area contributed by atoms with Crippen LogP contribution in [0.15, 0.2) is 73.2 Å². The molecular weight excluding hydrogens is 384 g/mol. The standard InChI is InChI=1S/C26H30N4O/c1-20(2)29-25(31)26(12-15-30(19-26)18-23-10-5-6-14-28-23)16-21-8-3-4-11-24(21)22-9-7-13-27-17-22/h3-11,13-14,17,20H,12,15-16,18-19H2,1-2H3,(H,29,31). The summed E-state index contributed by atoms with van der Waals surface area (Å²) in [5, 5.41) is 3.20. The van der Waals surface area contributed by atoms with Crippen LogP contribution in [0.1, 0.15) is 31.5 Å². The van der Waals surface area contributed by atoms with Crippen molar-refractivity contribution in [2.45, 2.75) is 39.3 Å². The molecule has 1 unspecified atom stereocenters. The summed E-state index contributed by atoms with van der Waals surface area (Å²) >= 11 is 0. The van der Waals surface area contributed by atoms with E-state index in [1.807, 2.05) is 50.5 Å². The van der Waals surface area contributed by atoms with Gasteiger partial charge in [0.1, 0.15) is 0 Å². The highest BCUT2D eigenvalue weighted by Gasteiger charge is 2.45. The van der Waals surface area contributed by atoms with Crippen molar-refractivity contribution in [2.75, 3.05) is 13.1 Å². The summed E-state index contributed by atoms with van der Waals surface area (Å²) in [7, 11) is 0. The summed E-state index contributed by atoms with van der Waals surface area (Å²) in [5.41, 5.74) is 4.00. The number of hydrogen-bond acceptors (Lipinski definition) is 4. The van der Waals surface area contributed by atoms with E-state index in [4.69, 9.17) is 0 Å². The number of rotatable bonds is 7. The monoisotopic (exact) mass is 414 g/mol. The number of likely N-dealkylation sites (tertiary alicyclic amines) is 1. The maximum Gasteiger partial charge on any atom is 0.228 e. The van der Waals surface area contributed by atoms with Crippen molar-refractivity contribution in [1.29, 1.82) is 0 Å². The van der Waals surface area contributed by atoms with E-state index in [0.29, 0.717) is 6.42 Å². The molecule has 0 saturated carbocycles. The average molecular weight is 415 g/mol. The van der Waals surface area contributed by atoms with Gasteiger partial charge in [0, 0.05) is 43.3 Å². The highest BCUT2D eigenvalue weighted by atomic mass is 16.2. The van der Waals surface area contributed by atoms with Gasteiger partial charge in [-0.15, -0.1) is 0 Å². The Hall–Kier alpha value is -3.05. The molecule has 3 aromatic rings. The minimum absolute atomic E-state index is 0.114. The van der Waals surface area contributed by atoms with Crippen molar-refractivity contribution in [1.82, 2.24) is 20.2 Å². The lowest BCUT2D eigenvalue weighted by atomic mass is 9.78. The first-order chi connectivity index (χ1) is 15.1. The molecule has 3 heterocycles. The molecule has 5 heteroatoms. The van der Waals surface area contributed by atoms with Crippen LogP contribution < -0.4 is 5.32 Å². The number of benzene rings is 1. The number of hydrogen-bond donors (Lipinski definition) is 1. The molecular formula is C26H30N4O. The van der Waals surface area contributed by atoms with Gasteiger partial charge in [0.05, 0.1) is 11.1 Å². The van der Waals surface area contributed by atoms with Crippen molar-refractivity contribution >= 4 is 5.91 Å². The molecule has 0 aliphatic carbocycles. The molecule has 1 N–H and O–H groups in total. The second-order valence-corrected chi connectivity index (χ2v) is 8.77. The Morgan fingerprint density at radius 2 is 1.94 bits per heavy atom. The van der Waals surface area contributed by atoms with Gasteiger partial charge in [-0.2, -0.15) is 0 Å². The fourth-order valence-electron chi connectivity index (χ4n) is 4.48. The van der Waals surface area contributed by atoms with E-state index in [-0.39, 0.29) is 11.9 Å². The van der Waals surface area contributed by atoms with Gasteiger partial charge in [-0.25, -0.2) is 0 Å². The first-order valence-corrected chi connectivity index (χ1v) is 11.0. The second-order valence-electron chi connectivity index (χ2n) is 8.77. The number of amides is 1. The maximum atomic E-state index is 13.5. The van der Waals surface area contributed by atoms with Gasteiger partial charge in [0.2, 0.25) is 5.91 Å². The average Bonchev–Trinajstić information content (AvgIpc) is 3.19. The van der Waals surface area contributed by atoms with Gasteiger partial charge in [-0.1, -0.05) is 36.4 Å². The first-order valence-electron chi connectivity index (χ1n) is 11.0. The number of nitrogens with zero attached hydrogens (tertiary/aromatic N) is 3. The summed E-state index contributed by atoms with van der Waals surface area (Å²) in [4.78, 5) is 24.6. The van der Waals surface area contributed by atoms with E-state index < -0.39 is 5.41 Å². The molecule has 4 rings (SSSR count). The Morgan fingerprint density at radius 3 is 2.68 bits per heavy atom. The van der Waals surface area contributed by atoms with E-state index in [2.05, 4.69) is 50.5 Å². The molecule has 31 heavy (non-hydrogen) atoms. The quantitative estimate of drug-likeness (QED) is 0.632. The van der Waals surface area contributed by atoms with Gasteiger partial charge in [0.25, 0.3) is 0 Å². The van der Waals surface area contributed by atoms with Gasteiger partial charge in [-0.05, 0) is 62.6 Å². The van der Waals surface area contributed by atoms with Gasteiger partial charge >= 0.3 is 0 Å². The third kappa shape index (κ3) is 5.00. The van der Waals surface area contributed by atoms with Gasteiger partial charge in [0.15, 0.2) is 0 Å². The number of pyridine rings is 2. The molecule has 1 aliphatic rings. The Balaban J connectivity index is 1.62. The van der Waals surface area contributed by atoms with E-state index in [1.54, 1.807) is 6.20 Å². The minimum atomic E-state index is -0.461. The molecule has 1 saturated heterocycles. The molecule has 0 spiro atoms. The lowest BCUT2D eigenvalue weighted by Gasteiger charge is -2.30. The normalized spacial score (nSPS) is 18.9. The molecule has 1 aliphatic heterocycles. The zero-order valence-corrected chi connectivity index (χ0v) is 18.3. The minimum Gasteiger partial charge on any atom is -0.353 e. The van der Waals surface area contributed by atoms with E-state index in [0.717, 1.165) is 42.9 Å². The summed E-state index contributed by atoms with van der Waals surface area (Å²) in [6.45, 7) is 6.42. The Kier molecular flexibility index (Phi) is 6.42. The van der Waals surface area contributed by atoms with Crippen LogP contribution in [0.3, 0.4) is 0 Å². The van der Waals surface area contributed by atoms with Crippen LogP contribution >= 0.6 is 0 Å². The highest BCUT2D eigenvalue weighted by Crippen LogP contribution is 2.38. The highest BCUT2D eigenvalue weighted by molar-refractivity contribution is 5.84. The predicted octanol–water partition coefficient (Wildman–Crippen LogP) is 4.10.